The van der Waals surface area contributed by atoms with Crippen LogP contribution in [0.4, 0.5) is 5.95 Å². The maximum atomic E-state index is 5.96. The summed E-state index contributed by atoms with van der Waals surface area (Å²) in [4.78, 5) is 16.6. The predicted molar refractivity (Wildman–Crippen MR) is 79.1 cm³/mol. The van der Waals surface area contributed by atoms with Crippen molar-refractivity contribution in [1.29, 1.82) is 0 Å². The summed E-state index contributed by atoms with van der Waals surface area (Å²) in [6.07, 6.45) is 7.27. The molecular weight excluding hydrogens is 276 g/mol. The van der Waals surface area contributed by atoms with Gasteiger partial charge in [0.05, 0.1) is 0 Å². The van der Waals surface area contributed by atoms with Crippen molar-refractivity contribution in [1.82, 2.24) is 24.5 Å². The van der Waals surface area contributed by atoms with E-state index >= 15 is 0 Å². The molecule has 1 unspecified atom stereocenters. The Morgan fingerprint density at radius 1 is 1.25 bits per heavy atom. The Morgan fingerprint density at radius 3 is 2.60 bits per heavy atom. The monoisotopic (exact) mass is 294 g/mol. The highest BCUT2D eigenvalue weighted by Gasteiger charge is 2.15. The molecule has 6 nitrogen and oxygen atoms in total. The van der Waals surface area contributed by atoms with E-state index in [9.17, 15) is 0 Å². The number of imidazole rings is 1. The summed E-state index contributed by atoms with van der Waals surface area (Å²) < 4.78 is 1.69. The van der Waals surface area contributed by atoms with Gasteiger partial charge in [-0.3, -0.25) is 4.57 Å². The molecule has 0 saturated carbocycles. The Morgan fingerprint density at radius 2 is 2.00 bits per heavy atom. The fraction of sp³-hybridized carbons (Fsp3) is 0.538. The van der Waals surface area contributed by atoms with Crippen molar-refractivity contribution in [2.45, 2.75) is 39.7 Å². The van der Waals surface area contributed by atoms with Crippen LogP contribution in [0.1, 0.15) is 33.6 Å². The molecule has 2 rings (SSSR count). The van der Waals surface area contributed by atoms with Crippen LogP contribution in [-0.4, -0.2) is 30.5 Å². The maximum Gasteiger partial charge on any atom is 0.241 e. The van der Waals surface area contributed by atoms with Crippen molar-refractivity contribution in [3.05, 3.63) is 24.0 Å². The Kier molecular flexibility index (Phi) is 4.89. The number of rotatable bonds is 6. The fourth-order valence-corrected chi connectivity index (χ4v) is 2.37. The molecule has 0 amide bonds. The van der Waals surface area contributed by atoms with Gasteiger partial charge in [0.15, 0.2) is 0 Å². The molecule has 0 bridgehead atoms. The lowest BCUT2D eigenvalue weighted by Crippen LogP contribution is -2.26. The minimum atomic E-state index is 0.169. The van der Waals surface area contributed by atoms with Crippen LogP contribution in [0.2, 0.25) is 5.28 Å². The summed E-state index contributed by atoms with van der Waals surface area (Å²) in [6.45, 7) is 6.50. The van der Waals surface area contributed by atoms with Crippen LogP contribution >= 0.6 is 11.6 Å². The fourth-order valence-electron chi connectivity index (χ4n) is 2.21. The van der Waals surface area contributed by atoms with Gasteiger partial charge < -0.3 is 5.32 Å². The summed E-state index contributed by atoms with van der Waals surface area (Å²) in [5.74, 6) is 1.53. The Hall–Kier alpha value is -1.69. The largest absolute Gasteiger partial charge is 0.351 e. The third kappa shape index (κ3) is 3.45. The first-order valence-corrected chi connectivity index (χ1v) is 7.18. The molecule has 0 radical (unpaired) electrons. The highest BCUT2D eigenvalue weighted by atomic mass is 35.5. The number of aromatic nitrogens is 5. The zero-order chi connectivity index (χ0) is 14.5. The molecule has 0 saturated heterocycles. The first-order valence-electron chi connectivity index (χ1n) is 6.80. The minimum absolute atomic E-state index is 0.169. The molecular formula is C13H19ClN6. The van der Waals surface area contributed by atoms with E-state index in [1.807, 2.05) is 0 Å². The third-order valence-corrected chi connectivity index (χ3v) is 3.61. The van der Waals surface area contributed by atoms with Crippen LogP contribution in [0.5, 0.6) is 0 Å². The van der Waals surface area contributed by atoms with Crippen LogP contribution in [0.3, 0.4) is 0 Å². The molecule has 2 heterocycles. The maximum absolute atomic E-state index is 5.96. The predicted octanol–water partition coefficient (Wildman–Crippen LogP) is 2.95. The molecule has 2 aromatic heterocycles. The summed E-state index contributed by atoms with van der Waals surface area (Å²) in [7, 11) is 0. The zero-order valence-electron chi connectivity index (χ0n) is 11.9. The quantitative estimate of drug-likeness (QED) is 0.887. The number of hydrogen-bond donors (Lipinski definition) is 1. The van der Waals surface area contributed by atoms with Crippen LogP contribution in [0, 0.1) is 5.92 Å². The van der Waals surface area contributed by atoms with Gasteiger partial charge in [-0.2, -0.15) is 15.0 Å². The van der Waals surface area contributed by atoms with Gasteiger partial charge in [-0.1, -0.05) is 26.7 Å². The van der Waals surface area contributed by atoms with Crippen molar-refractivity contribution in [3.63, 3.8) is 0 Å². The number of nitrogens with zero attached hydrogens (tertiary/aromatic N) is 5. The van der Waals surface area contributed by atoms with Gasteiger partial charge >= 0.3 is 0 Å². The summed E-state index contributed by atoms with van der Waals surface area (Å²) in [5, 5.41) is 3.48. The summed E-state index contributed by atoms with van der Waals surface area (Å²) in [6, 6.07) is 0.277. The molecule has 0 aromatic carbocycles. The Balaban J connectivity index is 2.20. The second kappa shape index (κ2) is 6.65. The second-order valence-corrected chi connectivity index (χ2v) is 5.05. The van der Waals surface area contributed by atoms with E-state index < -0.39 is 0 Å². The highest BCUT2D eigenvalue weighted by molar-refractivity contribution is 6.28. The molecule has 0 fully saturated rings. The number of halogens is 1. The van der Waals surface area contributed by atoms with E-state index in [2.05, 4.69) is 46.0 Å². The van der Waals surface area contributed by atoms with Crippen molar-refractivity contribution in [2.75, 3.05) is 5.32 Å². The molecule has 1 N–H and O–H groups in total. The lowest BCUT2D eigenvalue weighted by Gasteiger charge is -2.22. The molecule has 0 aliphatic heterocycles. The van der Waals surface area contributed by atoms with E-state index in [1.54, 1.807) is 23.3 Å². The van der Waals surface area contributed by atoms with E-state index in [0.717, 1.165) is 12.8 Å². The zero-order valence-corrected chi connectivity index (χ0v) is 12.7. The van der Waals surface area contributed by atoms with Gasteiger partial charge in [-0.15, -0.1) is 0 Å². The molecule has 0 aliphatic rings. The SMILES string of the molecule is CCC(CC)C(C)Nc1nc(Cl)nc(-n2ccnc2)n1. The number of anilines is 1. The normalized spacial score (nSPS) is 12.7. The molecule has 2 aromatic rings. The van der Waals surface area contributed by atoms with E-state index in [1.165, 1.54) is 0 Å². The minimum Gasteiger partial charge on any atom is -0.351 e. The van der Waals surface area contributed by atoms with Crippen molar-refractivity contribution < 1.29 is 0 Å². The Labute approximate surface area is 123 Å². The third-order valence-electron chi connectivity index (χ3n) is 3.44. The Bertz CT molecular complexity index is 538. The van der Waals surface area contributed by atoms with Gasteiger partial charge in [0.25, 0.3) is 0 Å². The van der Waals surface area contributed by atoms with Gasteiger partial charge in [0.1, 0.15) is 6.33 Å². The number of hydrogen-bond acceptors (Lipinski definition) is 5. The molecule has 7 heteroatoms. The summed E-state index contributed by atoms with van der Waals surface area (Å²) in [5.41, 5.74) is 0. The molecule has 1 atom stereocenters. The van der Waals surface area contributed by atoms with E-state index in [0.29, 0.717) is 17.8 Å². The molecule has 108 valence electrons. The first-order chi connectivity index (χ1) is 9.63. The second-order valence-electron chi connectivity index (χ2n) is 4.71. The van der Waals surface area contributed by atoms with Gasteiger partial charge in [0.2, 0.25) is 17.2 Å². The van der Waals surface area contributed by atoms with Gasteiger partial charge in [-0.05, 0) is 24.4 Å². The standard InChI is InChI=1S/C13H19ClN6/c1-4-10(5-2)9(3)16-12-17-11(14)18-13(19-12)20-7-6-15-8-20/h6-10H,4-5H2,1-3H3,(H,16,17,18,19). The lowest BCUT2D eigenvalue weighted by molar-refractivity contribution is 0.436. The van der Waals surface area contributed by atoms with Crippen LogP contribution in [0.15, 0.2) is 18.7 Å². The highest BCUT2D eigenvalue weighted by Crippen LogP contribution is 2.17. The van der Waals surface area contributed by atoms with Crippen LogP contribution in [-0.2, 0) is 0 Å². The molecule has 20 heavy (non-hydrogen) atoms. The van der Waals surface area contributed by atoms with Crippen molar-refractivity contribution >= 4 is 17.5 Å². The lowest BCUT2D eigenvalue weighted by atomic mass is 9.96. The van der Waals surface area contributed by atoms with E-state index in [4.69, 9.17) is 11.6 Å². The van der Waals surface area contributed by atoms with Crippen LogP contribution < -0.4 is 5.32 Å². The molecule has 0 spiro atoms. The van der Waals surface area contributed by atoms with Crippen LogP contribution in [0.25, 0.3) is 5.95 Å². The summed E-state index contributed by atoms with van der Waals surface area (Å²) >= 11 is 5.96. The first kappa shape index (κ1) is 14.7. The van der Waals surface area contributed by atoms with Crippen molar-refractivity contribution in [3.8, 4) is 5.95 Å². The average Bonchev–Trinajstić information content (AvgIpc) is 2.93. The van der Waals surface area contributed by atoms with Gasteiger partial charge in [-0.25, -0.2) is 4.98 Å². The number of nitrogens with one attached hydrogen (secondary N) is 1. The topological polar surface area (TPSA) is 68.5 Å². The smallest absolute Gasteiger partial charge is 0.241 e. The van der Waals surface area contributed by atoms with Gasteiger partial charge in [0, 0.05) is 18.4 Å². The van der Waals surface area contributed by atoms with Crippen molar-refractivity contribution in [2.24, 2.45) is 5.92 Å². The molecule has 0 aliphatic carbocycles. The van der Waals surface area contributed by atoms with E-state index in [-0.39, 0.29) is 11.3 Å². The average molecular weight is 295 g/mol.